The van der Waals surface area contributed by atoms with Gasteiger partial charge >= 0.3 is 0 Å². The molecular weight excluding hydrogens is 354 g/mol. The predicted octanol–water partition coefficient (Wildman–Crippen LogP) is 3.83. The second kappa shape index (κ2) is 9.87. The molecule has 1 N–H and O–H groups in total. The number of amides is 1. The molecule has 0 aliphatic rings. The van der Waals surface area contributed by atoms with E-state index in [-0.39, 0.29) is 24.6 Å². The van der Waals surface area contributed by atoms with Gasteiger partial charge in [-0.3, -0.25) is 9.69 Å². The normalized spacial score (nSPS) is 10.7. The smallest absolute Gasteiger partial charge is 0.238 e. The van der Waals surface area contributed by atoms with Gasteiger partial charge in [0.2, 0.25) is 5.91 Å². The van der Waals surface area contributed by atoms with Gasteiger partial charge in [-0.2, -0.15) is 0 Å². The summed E-state index contributed by atoms with van der Waals surface area (Å²) in [6, 6.07) is 9.14. The number of benzene rings is 2. The molecular formula is C20H24F2N2O3. The van der Waals surface area contributed by atoms with Crippen molar-refractivity contribution in [3.8, 4) is 11.5 Å². The van der Waals surface area contributed by atoms with Crippen molar-refractivity contribution in [2.24, 2.45) is 0 Å². The van der Waals surface area contributed by atoms with E-state index in [0.29, 0.717) is 30.4 Å². The number of carbonyl (C=O) groups is 1. The molecule has 0 heterocycles. The van der Waals surface area contributed by atoms with E-state index in [0.717, 1.165) is 6.07 Å². The Morgan fingerprint density at radius 3 is 2.48 bits per heavy atom. The van der Waals surface area contributed by atoms with Crippen molar-refractivity contribution in [1.29, 1.82) is 0 Å². The Kier molecular flexibility index (Phi) is 7.55. The van der Waals surface area contributed by atoms with Gasteiger partial charge in [0.05, 0.1) is 19.8 Å². The lowest BCUT2D eigenvalue weighted by Gasteiger charge is -2.17. The maximum Gasteiger partial charge on any atom is 0.238 e. The summed E-state index contributed by atoms with van der Waals surface area (Å²) in [5.41, 5.74) is 0.766. The van der Waals surface area contributed by atoms with Crippen molar-refractivity contribution < 1.29 is 23.0 Å². The number of likely N-dealkylation sites (N-methyl/N-ethyl adjacent to an activating group) is 1. The number of rotatable bonds is 9. The minimum absolute atomic E-state index is 0.0210. The van der Waals surface area contributed by atoms with Crippen molar-refractivity contribution in [2.45, 2.75) is 20.4 Å². The highest BCUT2D eigenvalue weighted by Crippen LogP contribution is 2.30. The van der Waals surface area contributed by atoms with Crippen molar-refractivity contribution in [2.75, 3.05) is 32.1 Å². The van der Waals surface area contributed by atoms with Crippen molar-refractivity contribution in [3.05, 3.63) is 53.6 Å². The number of hydrogen-bond donors (Lipinski definition) is 1. The fraction of sp³-hybridized carbons (Fsp3) is 0.350. The van der Waals surface area contributed by atoms with Gasteiger partial charge in [-0.05, 0) is 39.1 Å². The summed E-state index contributed by atoms with van der Waals surface area (Å²) >= 11 is 0. The van der Waals surface area contributed by atoms with E-state index in [1.54, 1.807) is 30.1 Å². The van der Waals surface area contributed by atoms with Gasteiger partial charge in [-0.15, -0.1) is 0 Å². The summed E-state index contributed by atoms with van der Waals surface area (Å²) < 4.78 is 38.0. The lowest BCUT2D eigenvalue weighted by Crippen LogP contribution is -2.30. The van der Waals surface area contributed by atoms with Crippen LogP contribution >= 0.6 is 0 Å². The van der Waals surface area contributed by atoms with E-state index in [1.165, 1.54) is 12.1 Å². The molecule has 0 aliphatic carbocycles. The molecule has 1 amide bonds. The third-order valence-electron chi connectivity index (χ3n) is 3.71. The maximum absolute atomic E-state index is 13.7. The molecule has 0 radical (unpaired) electrons. The van der Waals surface area contributed by atoms with Crippen LogP contribution in [0.25, 0.3) is 0 Å². The molecule has 7 heteroatoms. The number of nitrogens with zero attached hydrogens (tertiary/aromatic N) is 1. The summed E-state index contributed by atoms with van der Waals surface area (Å²) in [5.74, 6) is -0.912. The number of ether oxygens (including phenoxy) is 2. The first-order valence-corrected chi connectivity index (χ1v) is 8.75. The first kappa shape index (κ1) is 20.6. The highest BCUT2D eigenvalue weighted by atomic mass is 19.2. The van der Waals surface area contributed by atoms with Crippen LogP contribution in [0.4, 0.5) is 14.5 Å². The summed E-state index contributed by atoms with van der Waals surface area (Å²) in [5, 5.41) is 2.77. The number of hydrogen-bond acceptors (Lipinski definition) is 4. The Balaban J connectivity index is 1.98. The third-order valence-corrected chi connectivity index (χ3v) is 3.71. The summed E-state index contributed by atoms with van der Waals surface area (Å²) in [6.07, 6.45) is 0. The SMILES string of the molecule is CCOc1ccc(NC(=O)CN(C)Cc2cccc(F)c2F)cc1OCC. The van der Waals surface area contributed by atoms with Crippen LogP contribution in [-0.2, 0) is 11.3 Å². The predicted molar refractivity (Wildman–Crippen MR) is 100 cm³/mol. The van der Waals surface area contributed by atoms with Crippen LogP contribution in [0.2, 0.25) is 0 Å². The highest BCUT2D eigenvalue weighted by molar-refractivity contribution is 5.92. The first-order valence-electron chi connectivity index (χ1n) is 8.75. The average Bonchev–Trinajstić information content (AvgIpc) is 2.61. The van der Waals surface area contributed by atoms with E-state index < -0.39 is 11.6 Å². The van der Waals surface area contributed by atoms with Crippen LogP contribution in [0.1, 0.15) is 19.4 Å². The second-order valence-electron chi connectivity index (χ2n) is 5.96. The molecule has 146 valence electrons. The Bertz CT molecular complexity index is 784. The van der Waals surface area contributed by atoms with E-state index in [1.807, 2.05) is 13.8 Å². The van der Waals surface area contributed by atoms with Gasteiger partial charge in [0.1, 0.15) is 0 Å². The second-order valence-corrected chi connectivity index (χ2v) is 5.96. The molecule has 0 saturated carbocycles. The Labute approximate surface area is 157 Å². The van der Waals surface area contributed by atoms with E-state index in [4.69, 9.17) is 9.47 Å². The topological polar surface area (TPSA) is 50.8 Å². The molecule has 0 aliphatic heterocycles. The van der Waals surface area contributed by atoms with E-state index in [9.17, 15) is 13.6 Å². The highest BCUT2D eigenvalue weighted by Gasteiger charge is 2.13. The molecule has 0 aromatic heterocycles. The van der Waals surface area contributed by atoms with E-state index >= 15 is 0 Å². The van der Waals surface area contributed by atoms with E-state index in [2.05, 4.69) is 5.32 Å². The van der Waals surface area contributed by atoms with Crippen molar-refractivity contribution in [1.82, 2.24) is 4.90 Å². The summed E-state index contributed by atoms with van der Waals surface area (Å²) in [6.45, 7) is 4.86. The lowest BCUT2D eigenvalue weighted by molar-refractivity contribution is -0.117. The average molecular weight is 378 g/mol. The van der Waals surface area contributed by atoms with Crippen molar-refractivity contribution in [3.63, 3.8) is 0 Å². The number of halogens is 2. The van der Waals surface area contributed by atoms with Crippen LogP contribution in [0.5, 0.6) is 11.5 Å². The molecule has 0 fully saturated rings. The molecule has 0 saturated heterocycles. The Morgan fingerprint density at radius 2 is 1.78 bits per heavy atom. The Hall–Kier alpha value is -2.67. The summed E-state index contributed by atoms with van der Waals surface area (Å²) in [4.78, 5) is 13.9. The van der Waals surface area contributed by atoms with Crippen LogP contribution in [0.3, 0.4) is 0 Å². The zero-order valence-corrected chi connectivity index (χ0v) is 15.7. The summed E-state index contributed by atoms with van der Waals surface area (Å²) in [7, 11) is 1.66. The Morgan fingerprint density at radius 1 is 1.07 bits per heavy atom. The standard InChI is InChI=1S/C20H24F2N2O3/c1-4-26-17-10-9-15(11-18(17)27-5-2)23-19(25)13-24(3)12-14-7-6-8-16(21)20(14)22/h6-11H,4-5,12-13H2,1-3H3,(H,23,25). The molecule has 5 nitrogen and oxygen atoms in total. The van der Waals surface area contributed by atoms with Gasteiger partial charge < -0.3 is 14.8 Å². The van der Waals surface area contributed by atoms with Gasteiger partial charge in [0, 0.05) is 23.9 Å². The minimum atomic E-state index is -0.900. The van der Waals surface area contributed by atoms with Crippen LogP contribution in [-0.4, -0.2) is 37.6 Å². The number of anilines is 1. The quantitative estimate of drug-likeness (QED) is 0.721. The van der Waals surface area contributed by atoms with Gasteiger partial charge in [0.15, 0.2) is 23.1 Å². The molecule has 27 heavy (non-hydrogen) atoms. The molecule has 0 spiro atoms. The van der Waals surface area contributed by atoms with Gasteiger partial charge in [0.25, 0.3) is 0 Å². The minimum Gasteiger partial charge on any atom is -0.490 e. The molecule has 0 bridgehead atoms. The zero-order chi connectivity index (χ0) is 19.8. The van der Waals surface area contributed by atoms with Gasteiger partial charge in [-0.1, -0.05) is 12.1 Å². The van der Waals surface area contributed by atoms with Crippen LogP contribution < -0.4 is 14.8 Å². The van der Waals surface area contributed by atoms with Crippen LogP contribution in [0.15, 0.2) is 36.4 Å². The zero-order valence-electron chi connectivity index (χ0n) is 15.7. The third kappa shape index (κ3) is 5.92. The van der Waals surface area contributed by atoms with Gasteiger partial charge in [-0.25, -0.2) is 8.78 Å². The fourth-order valence-corrected chi connectivity index (χ4v) is 2.59. The molecule has 0 atom stereocenters. The molecule has 2 aromatic rings. The first-order chi connectivity index (χ1) is 12.9. The monoisotopic (exact) mass is 378 g/mol. The maximum atomic E-state index is 13.7. The van der Waals surface area contributed by atoms with Crippen LogP contribution in [0, 0.1) is 11.6 Å². The van der Waals surface area contributed by atoms with Crippen molar-refractivity contribution >= 4 is 11.6 Å². The number of nitrogens with one attached hydrogen (secondary N) is 1. The molecule has 2 rings (SSSR count). The largest absolute Gasteiger partial charge is 0.490 e. The fourth-order valence-electron chi connectivity index (χ4n) is 2.59. The molecule has 2 aromatic carbocycles. The number of carbonyl (C=O) groups excluding carboxylic acids is 1. The lowest BCUT2D eigenvalue weighted by atomic mass is 10.2. The molecule has 0 unspecified atom stereocenters.